The van der Waals surface area contributed by atoms with Crippen LogP contribution in [0.3, 0.4) is 0 Å². The molecule has 4 aromatic carbocycles. The van der Waals surface area contributed by atoms with E-state index in [4.69, 9.17) is 0 Å². The van der Waals surface area contributed by atoms with E-state index in [1.165, 1.54) is 6.21 Å². The number of hydrazone groups is 1. The van der Waals surface area contributed by atoms with E-state index in [0.717, 1.165) is 27.6 Å². The quantitative estimate of drug-likeness (QED) is 0.315. The molecule has 0 fully saturated rings. The highest BCUT2D eigenvalue weighted by Gasteiger charge is 2.13. The Balaban J connectivity index is 1.41. The van der Waals surface area contributed by atoms with E-state index in [2.05, 4.69) is 15.2 Å². The van der Waals surface area contributed by atoms with Crippen LogP contribution in [0.4, 0.5) is 5.69 Å². The number of rotatable bonds is 6. The van der Waals surface area contributed by atoms with Crippen LogP contribution in [0.1, 0.15) is 27.0 Å². The maximum atomic E-state index is 12.6. The molecular formula is C26H23N3O3S. The van der Waals surface area contributed by atoms with Gasteiger partial charge in [-0.05, 0) is 66.1 Å². The molecule has 0 aromatic heterocycles. The van der Waals surface area contributed by atoms with E-state index in [9.17, 15) is 13.2 Å². The Labute approximate surface area is 193 Å². The minimum atomic E-state index is -3.80. The second-order valence-corrected chi connectivity index (χ2v) is 9.42. The fourth-order valence-electron chi connectivity index (χ4n) is 3.43. The van der Waals surface area contributed by atoms with Crippen LogP contribution in [0.15, 0.2) is 94.9 Å². The van der Waals surface area contributed by atoms with Crippen molar-refractivity contribution in [1.82, 2.24) is 4.83 Å². The largest absolute Gasteiger partial charge is 0.322 e. The first kappa shape index (κ1) is 22.2. The van der Waals surface area contributed by atoms with E-state index in [1.54, 1.807) is 42.5 Å². The predicted octanol–water partition coefficient (Wildman–Crippen LogP) is 5.02. The average Bonchev–Trinajstić information content (AvgIpc) is 2.81. The fourth-order valence-corrected chi connectivity index (χ4v) is 4.25. The number of carbonyl (C=O) groups is 1. The molecule has 2 N–H and O–H groups in total. The first-order valence-electron chi connectivity index (χ1n) is 10.3. The lowest BCUT2D eigenvalue weighted by atomic mass is 10.1. The van der Waals surface area contributed by atoms with Crippen LogP contribution in [0, 0.1) is 13.8 Å². The molecule has 166 valence electrons. The van der Waals surface area contributed by atoms with Crippen LogP contribution in [-0.2, 0) is 10.0 Å². The van der Waals surface area contributed by atoms with Gasteiger partial charge >= 0.3 is 0 Å². The van der Waals surface area contributed by atoms with Gasteiger partial charge in [0.25, 0.3) is 15.9 Å². The normalized spacial score (nSPS) is 11.6. The molecule has 0 atom stereocenters. The summed E-state index contributed by atoms with van der Waals surface area (Å²) in [6.45, 7) is 3.95. The number of fused-ring (bicyclic) bond motifs is 1. The summed E-state index contributed by atoms with van der Waals surface area (Å²) in [5.41, 5.74) is 4.03. The molecule has 6 nitrogen and oxygen atoms in total. The van der Waals surface area contributed by atoms with E-state index >= 15 is 0 Å². The molecule has 0 saturated heterocycles. The van der Waals surface area contributed by atoms with Crippen LogP contribution in [0.25, 0.3) is 10.8 Å². The molecule has 33 heavy (non-hydrogen) atoms. The van der Waals surface area contributed by atoms with E-state index in [0.29, 0.717) is 11.1 Å². The third kappa shape index (κ3) is 5.27. The molecule has 0 spiro atoms. The monoisotopic (exact) mass is 457 g/mol. The fraction of sp³-hybridized carbons (Fsp3) is 0.0769. The van der Waals surface area contributed by atoms with Gasteiger partial charge in [0.2, 0.25) is 0 Å². The van der Waals surface area contributed by atoms with Crippen molar-refractivity contribution >= 4 is 38.6 Å². The van der Waals surface area contributed by atoms with Crippen molar-refractivity contribution in [1.29, 1.82) is 0 Å². The van der Waals surface area contributed by atoms with Crippen molar-refractivity contribution in [2.75, 3.05) is 5.32 Å². The zero-order valence-electron chi connectivity index (χ0n) is 18.2. The second-order valence-electron chi connectivity index (χ2n) is 7.76. The van der Waals surface area contributed by atoms with Crippen LogP contribution in [0.2, 0.25) is 0 Å². The molecule has 0 aliphatic rings. The van der Waals surface area contributed by atoms with Gasteiger partial charge in [-0.25, -0.2) is 4.83 Å². The summed E-state index contributed by atoms with van der Waals surface area (Å²) >= 11 is 0. The second kappa shape index (κ2) is 9.26. The van der Waals surface area contributed by atoms with E-state index < -0.39 is 10.0 Å². The molecule has 7 heteroatoms. The summed E-state index contributed by atoms with van der Waals surface area (Å²) < 4.78 is 25.1. The Morgan fingerprint density at radius 1 is 0.848 bits per heavy atom. The third-order valence-electron chi connectivity index (χ3n) is 5.22. The molecule has 0 saturated carbocycles. The summed E-state index contributed by atoms with van der Waals surface area (Å²) in [6, 6.07) is 25.0. The van der Waals surface area contributed by atoms with Gasteiger partial charge in [0.1, 0.15) is 0 Å². The number of benzene rings is 4. The number of nitrogens with zero attached hydrogens (tertiary/aromatic N) is 1. The topological polar surface area (TPSA) is 87.6 Å². The SMILES string of the molecule is Cc1ccc(NC(=O)c2ccc(C=NNS(=O)(=O)c3ccc4ccccc4c3)cc2)c(C)c1. The summed E-state index contributed by atoms with van der Waals surface area (Å²) in [5, 5.41) is 8.56. The number of anilines is 1. The molecule has 0 bridgehead atoms. The average molecular weight is 458 g/mol. The molecule has 0 radical (unpaired) electrons. The van der Waals surface area contributed by atoms with Gasteiger partial charge < -0.3 is 5.32 Å². The van der Waals surface area contributed by atoms with Gasteiger partial charge in [-0.15, -0.1) is 0 Å². The highest BCUT2D eigenvalue weighted by Crippen LogP contribution is 2.19. The minimum absolute atomic E-state index is 0.136. The molecule has 4 rings (SSSR count). The van der Waals surface area contributed by atoms with Crippen LogP contribution < -0.4 is 10.1 Å². The van der Waals surface area contributed by atoms with Crippen molar-refractivity contribution in [3.05, 3.63) is 107 Å². The maximum absolute atomic E-state index is 12.6. The van der Waals surface area contributed by atoms with E-state index in [-0.39, 0.29) is 10.8 Å². The minimum Gasteiger partial charge on any atom is -0.322 e. The number of carbonyl (C=O) groups excluding carboxylic acids is 1. The van der Waals surface area contributed by atoms with Crippen LogP contribution in [0.5, 0.6) is 0 Å². The highest BCUT2D eigenvalue weighted by atomic mass is 32.2. The van der Waals surface area contributed by atoms with Gasteiger partial charge in [0, 0.05) is 11.3 Å². The Morgan fingerprint density at radius 2 is 1.58 bits per heavy atom. The molecule has 0 heterocycles. The zero-order valence-corrected chi connectivity index (χ0v) is 19.1. The maximum Gasteiger partial charge on any atom is 0.276 e. The van der Waals surface area contributed by atoms with Crippen LogP contribution in [-0.4, -0.2) is 20.5 Å². The molecule has 1 amide bonds. The Hall–Kier alpha value is -3.97. The number of hydrogen-bond donors (Lipinski definition) is 2. The van der Waals surface area contributed by atoms with Crippen molar-refractivity contribution in [2.45, 2.75) is 18.7 Å². The molecule has 4 aromatic rings. The standard InChI is InChI=1S/C26H23N3O3S/c1-18-7-14-25(19(2)15-18)28-26(30)22-10-8-20(9-11-22)17-27-29-33(31,32)24-13-12-21-5-3-4-6-23(21)16-24/h3-17,29H,1-2H3,(H,28,30). The first-order chi connectivity index (χ1) is 15.8. The summed E-state index contributed by atoms with van der Waals surface area (Å²) in [4.78, 5) is 14.9. The number of nitrogens with one attached hydrogen (secondary N) is 2. The first-order valence-corrected chi connectivity index (χ1v) is 11.8. The number of hydrogen-bond acceptors (Lipinski definition) is 4. The van der Waals surface area contributed by atoms with Crippen molar-refractivity contribution in [2.24, 2.45) is 5.10 Å². The van der Waals surface area contributed by atoms with Gasteiger partial charge in [0.15, 0.2) is 0 Å². The van der Waals surface area contributed by atoms with Crippen molar-refractivity contribution in [3.8, 4) is 0 Å². The highest BCUT2D eigenvalue weighted by molar-refractivity contribution is 7.89. The lowest BCUT2D eigenvalue weighted by Gasteiger charge is -2.09. The Morgan fingerprint density at radius 3 is 2.30 bits per heavy atom. The van der Waals surface area contributed by atoms with Crippen LogP contribution >= 0.6 is 0 Å². The third-order valence-corrected chi connectivity index (χ3v) is 6.44. The summed E-state index contributed by atoms with van der Waals surface area (Å²) in [5.74, 6) is -0.220. The van der Waals surface area contributed by atoms with Gasteiger partial charge in [-0.2, -0.15) is 13.5 Å². The van der Waals surface area contributed by atoms with Crippen molar-refractivity contribution < 1.29 is 13.2 Å². The smallest absolute Gasteiger partial charge is 0.276 e. The lowest BCUT2D eigenvalue weighted by molar-refractivity contribution is 0.102. The van der Waals surface area contributed by atoms with Gasteiger partial charge in [0.05, 0.1) is 11.1 Å². The summed E-state index contributed by atoms with van der Waals surface area (Å²) in [7, 11) is -3.80. The Kier molecular flexibility index (Phi) is 6.24. The molecule has 0 aliphatic heterocycles. The predicted molar refractivity (Wildman–Crippen MR) is 132 cm³/mol. The molecule has 0 aliphatic carbocycles. The van der Waals surface area contributed by atoms with Gasteiger partial charge in [-0.1, -0.05) is 60.2 Å². The van der Waals surface area contributed by atoms with Gasteiger partial charge in [-0.3, -0.25) is 4.79 Å². The van der Waals surface area contributed by atoms with E-state index in [1.807, 2.05) is 56.3 Å². The number of sulfonamides is 1. The number of amides is 1. The Bertz CT molecular complexity index is 1460. The van der Waals surface area contributed by atoms with Crippen molar-refractivity contribution in [3.63, 3.8) is 0 Å². The molecule has 0 unspecified atom stereocenters. The number of aryl methyl sites for hydroxylation is 2. The lowest BCUT2D eigenvalue weighted by Crippen LogP contribution is -2.18. The zero-order chi connectivity index (χ0) is 23.4. The summed E-state index contributed by atoms with van der Waals surface area (Å²) in [6.07, 6.45) is 1.39. The molecular weight excluding hydrogens is 434 g/mol.